The number of halogens is 1. The second kappa shape index (κ2) is 3.07. The molecule has 17 heavy (non-hydrogen) atoms. The number of benzene rings is 1. The highest BCUT2D eigenvalue weighted by Crippen LogP contribution is 2.25. The maximum Gasteiger partial charge on any atom is 0.237 e. The first kappa shape index (κ1) is 9.18. The molecule has 82 valence electrons. The fraction of sp³-hybridized carbons (Fsp3) is 0. The summed E-state index contributed by atoms with van der Waals surface area (Å²) in [5.41, 5.74) is 3.05. The second-order valence-corrected chi connectivity index (χ2v) is 4.71. The van der Waals surface area contributed by atoms with E-state index in [1.165, 1.54) is 0 Å². The molecule has 0 amide bonds. The van der Waals surface area contributed by atoms with Crippen molar-refractivity contribution < 1.29 is 0 Å². The van der Waals surface area contributed by atoms with E-state index in [-0.39, 0.29) is 0 Å². The number of hydrogen-bond donors (Lipinski definition) is 1. The van der Waals surface area contributed by atoms with Crippen LogP contribution in [-0.4, -0.2) is 19.4 Å². The summed E-state index contributed by atoms with van der Waals surface area (Å²) in [5.74, 6) is 0.700. The van der Waals surface area contributed by atoms with Crippen molar-refractivity contribution in [3.05, 3.63) is 41.1 Å². The van der Waals surface area contributed by atoms with Crippen LogP contribution in [0.4, 0.5) is 0 Å². The summed E-state index contributed by atoms with van der Waals surface area (Å²) in [6, 6.07) is 10.0. The van der Waals surface area contributed by atoms with Gasteiger partial charge in [0.15, 0.2) is 0 Å². The summed E-state index contributed by atoms with van der Waals surface area (Å²) in [5, 5.41) is 1.13. The molecule has 0 atom stereocenters. The first-order valence-electron chi connectivity index (χ1n) is 5.24. The normalized spacial score (nSPS) is 11.8. The Balaban J connectivity index is 2.29. The third-order valence-corrected chi connectivity index (χ3v) is 3.34. The third kappa shape index (κ3) is 1.17. The molecule has 1 N–H and O–H groups in total. The number of aromatic nitrogens is 4. The van der Waals surface area contributed by atoms with Crippen LogP contribution in [0, 0.1) is 0 Å². The van der Waals surface area contributed by atoms with Crippen LogP contribution in [0.5, 0.6) is 0 Å². The van der Waals surface area contributed by atoms with Crippen molar-refractivity contribution in [3.8, 4) is 0 Å². The third-order valence-electron chi connectivity index (χ3n) is 2.90. The van der Waals surface area contributed by atoms with Gasteiger partial charge in [0.05, 0.1) is 0 Å². The van der Waals surface area contributed by atoms with Crippen molar-refractivity contribution in [1.82, 2.24) is 19.4 Å². The Bertz CT molecular complexity index is 859. The van der Waals surface area contributed by atoms with Crippen molar-refractivity contribution in [1.29, 1.82) is 0 Å². The standard InChI is InChI=1S/C12H7BrN4/c13-9-5-6-17-11-10(16-12(17)15-9)7-3-1-2-4-8(7)14-11/h1-6,14H. The van der Waals surface area contributed by atoms with Gasteiger partial charge in [0, 0.05) is 17.1 Å². The minimum atomic E-state index is 0.700. The predicted octanol–water partition coefficient (Wildman–Crippen LogP) is 3.13. The zero-order valence-electron chi connectivity index (χ0n) is 8.68. The average Bonchev–Trinajstić information content (AvgIpc) is 2.84. The number of H-pyrrole nitrogens is 1. The van der Waals surface area contributed by atoms with E-state index >= 15 is 0 Å². The lowest BCUT2D eigenvalue weighted by Gasteiger charge is -1.93. The summed E-state index contributed by atoms with van der Waals surface area (Å²) in [7, 11) is 0. The summed E-state index contributed by atoms with van der Waals surface area (Å²) in [6.45, 7) is 0. The number of nitrogens with zero attached hydrogens (tertiary/aromatic N) is 3. The van der Waals surface area contributed by atoms with Gasteiger partial charge < -0.3 is 4.98 Å². The fourth-order valence-electron chi connectivity index (χ4n) is 2.14. The van der Waals surface area contributed by atoms with Gasteiger partial charge in [-0.3, -0.25) is 4.40 Å². The molecule has 0 fully saturated rings. The van der Waals surface area contributed by atoms with Gasteiger partial charge in [0.25, 0.3) is 0 Å². The molecule has 5 heteroatoms. The Morgan fingerprint density at radius 1 is 1.12 bits per heavy atom. The van der Waals surface area contributed by atoms with Crippen molar-refractivity contribution in [2.45, 2.75) is 0 Å². The van der Waals surface area contributed by atoms with E-state index in [0.717, 1.165) is 26.7 Å². The van der Waals surface area contributed by atoms with E-state index < -0.39 is 0 Å². The van der Waals surface area contributed by atoms with Gasteiger partial charge in [-0.05, 0) is 28.1 Å². The lowest BCUT2D eigenvalue weighted by molar-refractivity contribution is 1.10. The molecule has 0 saturated heterocycles. The topological polar surface area (TPSA) is 46.0 Å². The molecule has 0 aliphatic rings. The maximum atomic E-state index is 4.55. The molecule has 1 aromatic carbocycles. The molecule has 0 aliphatic heterocycles. The van der Waals surface area contributed by atoms with Gasteiger partial charge in [0.1, 0.15) is 15.8 Å². The molecular formula is C12H7BrN4. The SMILES string of the molecule is Brc1ccn2c(n1)nc1c3ccccc3[nH]c12. The van der Waals surface area contributed by atoms with E-state index in [4.69, 9.17) is 0 Å². The molecule has 3 aromatic heterocycles. The van der Waals surface area contributed by atoms with E-state index in [1.54, 1.807) is 0 Å². The minimum absolute atomic E-state index is 0.700. The summed E-state index contributed by atoms with van der Waals surface area (Å²) in [4.78, 5) is 12.3. The van der Waals surface area contributed by atoms with Crippen molar-refractivity contribution >= 4 is 43.8 Å². The Hall–Kier alpha value is -1.88. The highest BCUT2D eigenvalue weighted by Gasteiger charge is 2.11. The average molecular weight is 287 g/mol. The van der Waals surface area contributed by atoms with Gasteiger partial charge in [-0.25, -0.2) is 9.97 Å². The van der Waals surface area contributed by atoms with Crippen LogP contribution in [0.3, 0.4) is 0 Å². The molecule has 0 unspecified atom stereocenters. The van der Waals surface area contributed by atoms with Gasteiger partial charge in [-0.15, -0.1) is 0 Å². The monoisotopic (exact) mass is 286 g/mol. The molecule has 3 heterocycles. The van der Waals surface area contributed by atoms with Gasteiger partial charge in [0.2, 0.25) is 5.78 Å². The van der Waals surface area contributed by atoms with Crippen LogP contribution in [0.15, 0.2) is 41.1 Å². The van der Waals surface area contributed by atoms with Crippen LogP contribution >= 0.6 is 15.9 Å². The summed E-state index contributed by atoms with van der Waals surface area (Å²) < 4.78 is 2.75. The molecular weight excluding hydrogens is 280 g/mol. The lowest BCUT2D eigenvalue weighted by Crippen LogP contribution is -1.88. The molecule has 0 radical (unpaired) electrons. The molecule has 4 rings (SSSR count). The zero-order valence-corrected chi connectivity index (χ0v) is 10.3. The number of rotatable bonds is 0. The number of imidazole rings is 1. The first-order chi connectivity index (χ1) is 8.33. The largest absolute Gasteiger partial charge is 0.339 e. The number of aromatic amines is 1. The Morgan fingerprint density at radius 2 is 2.00 bits per heavy atom. The molecule has 0 spiro atoms. The lowest BCUT2D eigenvalue weighted by atomic mass is 10.2. The maximum absolute atomic E-state index is 4.55. The molecule has 4 aromatic rings. The highest BCUT2D eigenvalue weighted by molar-refractivity contribution is 9.10. The quantitative estimate of drug-likeness (QED) is 0.505. The van der Waals surface area contributed by atoms with Gasteiger partial charge in [-0.1, -0.05) is 18.2 Å². The summed E-state index contributed by atoms with van der Waals surface area (Å²) in [6.07, 6.45) is 1.96. The van der Waals surface area contributed by atoms with Crippen LogP contribution in [-0.2, 0) is 0 Å². The first-order valence-corrected chi connectivity index (χ1v) is 6.03. The van der Waals surface area contributed by atoms with E-state index in [0.29, 0.717) is 5.78 Å². The Morgan fingerprint density at radius 3 is 2.94 bits per heavy atom. The van der Waals surface area contributed by atoms with E-state index in [1.807, 2.05) is 28.8 Å². The summed E-state index contributed by atoms with van der Waals surface area (Å²) >= 11 is 3.35. The van der Waals surface area contributed by atoms with Crippen LogP contribution in [0.1, 0.15) is 0 Å². The molecule has 0 aliphatic carbocycles. The minimum Gasteiger partial charge on any atom is -0.339 e. The predicted molar refractivity (Wildman–Crippen MR) is 70.0 cm³/mol. The Labute approximate surface area is 104 Å². The zero-order chi connectivity index (χ0) is 11.4. The molecule has 0 saturated carbocycles. The van der Waals surface area contributed by atoms with Crippen molar-refractivity contribution in [2.24, 2.45) is 0 Å². The van der Waals surface area contributed by atoms with Crippen LogP contribution < -0.4 is 0 Å². The Kier molecular flexibility index (Phi) is 1.66. The fourth-order valence-corrected chi connectivity index (χ4v) is 2.42. The van der Waals surface area contributed by atoms with Crippen molar-refractivity contribution in [3.63, 3.8) is 0 Å². The van der Waals surface area contributed by atoms with Crippen LogP contribution in [0.2, 0.25) is 0 Å². The van der Waals surface area contributed by atoms with Gasteiger partial charge >= 0.3 is 0 Å². The smallest absolute Gasteiger partial charge is 0.237 e. The molecule has 4 nitrogen and oxygen atoms in total. The number of nitrogens with one attached hydrogen (secondary N) is 1. The molecule has 0 bridgehead atoms. The second-order valence-electron chi connectivity index (χ2n) is 3.90. The number of para-hydroxylation sites is 1. The van der Waals surface area contributed by atoms with Gasteiger partial charge in [-0.2, -0.15) is 0 Å². The number of hydrogen-bond acceptors (Lipinski definition) is 2. The highest BCUT2D eigenvalue weighted by atomic mass is 79.9. The van der Waals surface area contributed by atoms with Crippen LogP contribution in [0.25, 0.3) is 27.8 Å². The number of fused-ring (bicyclic) bond motifs is 5. The van der Waals surface area contributed by atoms with E-state index in [2.05, 4.69) is 43.0 Å². The van der Waals surface area contributed by atoms with Crippen molar-refractivity contribution in [2.75, 3.05) is 0 Å². The van der Waals surface area contributed by atoms with E-state index in [9.17, 15) is 0 Å².